The number of fused-ring (bicyclic) bond motifs is 1. The first-order valence-corrected chi connectivity index (χ1v) is 5.84. The third-order valence-electron chi connectivity index (χ3n) is 2.71. The molecule has 4 heteroatoms. The number of benzene rings is 1. The molecule has 0 saturated heterocycles. The molecular weight excluding hydrogens is 234 g/mol. The highest BCUT2D eigenvalue weighted by Crippen LogP contribution is 2.22. The zero-order chi connectivity index (χ0) is 11.7. The molecule has 0 amide bonds. The second-order valence-corrected chi connectivity index (χ2v) is 4.11. The zero-order valence-corrected chi connectivity index (χ0v) is 9.78. The van der Waals surface area contributed by atoms with Crippen molar-refractivity contribution >= 4 is 22.6 Å². The summed E-state index contributed by atoms with van der Waals surface area (Å²) < 4.78 is 0. The van der Waals surface area contributed by atoms with Crippen LogP contribution in [0, 0.1) is 0 Å². The molecule has 0 unspecified atom stereocenters. The van der Waals surface area contributed by atoms with Gasteiger partial charge in [-0.2, -0.15) is 0 Å². The number of aromatic amines is 1. The van der Waals surface area contributed by atoms with Crippen LogP contribution in [0.5, 0.6) is 0 Å². The van der Waals surface area contributed by atoms with Gasteiger partial charge in [0.2, 0.25) is 0 Å². The molecule has 0 atom stereocenters. The van der Waals surface area contributed by atoms with Crippen molar-refractivity contribution in [3.05, 3.63) is 48.4 Å². The lowest BCUT2D eigenvalue weighted by molar-refractivity contribution is 1.20. The molecule has 0 aliphatic heterocycles. The van der Waals surface area contributed by atoms with Crippen LogP contribution >= 0.6 is 11.6 Å². The van der Waals surface area contributed by atoms with Gasteiger partial charge in [0.15, 0.2) is 0 Å². The van der Waals surface area contributed by atoms with Gasteiger partial charge in [-0.3, -0.25) is 0 Å². The van der Waals surface area contributed by atoms with Crippen LogP contribution in [0.1, 0.15) is 5.56 Å². The van der Waals surface area contributed by atoms with E-state index in [4.69, 9.17) is 11.6 Å². The lowest BCUT2D eigenvalue weighted by atomic mass is 10.1. The molecule has 0 saturated carbocycles. The zero-order valence-electron chi connectivity index (χ0n) is 9.02. The van der Waals surface area contributed by atoms with Crippen molar-refractivity contribution in [2.45, 2.75) is 5.88 Å². The Morgan fingerprint density at radius 2 is 2.00 bits per heavy atom. The van der Waals surface area contributed by atoms with E-state index in [0.29, 0.717) is 5.88 Å². The summed E-state index contributed by atoms with van der Waals surface area (Å²) in [5, 5.41) is 1.02. The summed E-state index contributed by atoms with van der Waals surface area (Å²) in [6.07, 6.45) is 3.34. The Balaban J connectivity index is 2.07. The van der Waals surface area contributed by atoms with E-state index < -0.39 is 0 Å². The van der Waals surface area contributed by atoms with Crippen LogP contribution in [-0.2, 0) is 5.88 Å². The van der Waals surface area contributed by atoms with Crippen molar-refractivity contribution in [3.63, 3.8) is 0 Å². The molecule has 0 spiro atoms. The highest BCUT2D eigenvalue weighted by Gasteiger charge is 2.03. The van der Waals surface area contributed by atoms with E-state index >= 15 is 0 Å². The van der Waals surface area contributed by atoms with Crippen LogP contribution in [0.15, 0.2) is 42.9 Å². The van der Waals surface area contributed by atoms with Crippen LogP contribution in [0.4, 0.5) is 0 Å². The number of aromatic nitrogens is 3. The van der Waals surface area contributed by atoms with Crippen LogP contribution in [0.3, 0.4) is 0 Å². The summed E-state index contributed by atoms with van der Waals surface area (Å²) in [6, 6.07) is 10.2. The fourth-order valence-electron chi connectivity index (χ4n) is 1.80. The summed E-state index contributed by atoms with van der Waals surface area (Å²) in [4.78, 5) is 11.4. The van der Waals surface area contributed by atoms with Gasteiger partial charge in [-0.15, -0.1) is 11.6 Å². The van der Waals surface area contributed by atoms with Gasteiger partial charge in [-0.25, -0.2) is 9.97 Å². The molecule has 0 radical (unpaired) electrons. The van der Waals surface area contributed by atoms with E-state index in [1.54, 1.807) is 12.5 Å². The van der Waals surface area contributed by atoms with Gasteiger partial charge >= 0.3 is 0 Å². The number of halogens is 1. The number of alkyl halides is 1. The number of H-pyrrole nitrogens is 1. The monoisotopic (exact) mass is 243 g/mol. The molecule has 3 nitrogen and oxygen atoms in total. The first kappa shape index (κ1) is 10.3. The van der Waals surface area contributed by atoms with Crippen molar-refractivity contribution < 1.29 is 0 Å². The Kier molecular flexibility index (Phi) is 2.53. The summed E-state index contributed by atoms with van der Waals surface area (Å²) in [5.74, 6) is 0.540. The molecule has 0 aliphatic carbocycles. The Morgan fingerprint density at radius 3 is 2.71 bits per heavy atom. The lowest BCUT2D eigenvalue weighted by Crippen LogP contribution is -1.80. The molecule has 3 rings (SSSR count). The Bertz CT molecular complexity index is 610. The van der Waals surface area contributed by atoms with Crippen molar-refractivity contribution in [2.75, 3.05) is 0 Å². The van der Waals surface area contributed by atoms with Crippen molar-refractivity contribution in [1.82, 2.24) is 15.0 Å². The molecule has 17 heavy (non-hydrogen) atoms. The summed E-state index contributed by atoms with van der Waals surface area (Å²) in [5.41, 5.74) is 4.14. The third-order valence-corrected chi connectivity index (χ3v) is 3.02. The Morgan fingerprint density at radius 1 is 1.18 bits per heavy atom. The first-order chi connectivity index (χ1) is 8.36. The van der Waals surface area contributed by atoms with E-state index in [0.717, 1.165) is 27.9 Å². The van der Waals surface area contributed by atoms with Gasteiger partial charge in [0, 0.05) is 23.2 Å². The van der Waals surface area contributed by atoms with Crippen molar-refractivity contribution in [1.29, 1.82) is 0 Å². The van der Waals surface area contributed by atoms with E-state index in [2.05, 4.69) is 27.1 Å². The van der Waals surface area contributed by atoms with Crippen LogP contribution in [0.25, 0.3) is 22.3 Å². The average Bonchev–Trinajstić information content (AvgIpc) is 2.82. The molecule has 0 aliphatic rings. The molecule has 0 fully saturated rings. The fraction of sp³-hybridized carbons (Fsp3) is 0.0769. The predicted molar refractivity (Wildman–Crippen MR) is 68.9 cm³/mol. The minimum absolute atomic E-state index is 0.540. The molecule has 2 heterocycles. The maximum atomic E-state index is 5.76. The summed E-state index contributed by atoms with van der Waals surface area (Å²) in [6.45, 7) is 0. The van der Waals surface area contributed by atoms with Crippen LogP contribution < -0.4 is 0 Å². The number of nitrogens with zero attached hydrogens (tertiary/aromatic N) is 2. The van der Waals surface area contributed by atoms with Gasteiger partial charge in [0.25, 0.3) is 0 Å². The molecule has 2 aromatic heterocycles. The standard InChI is InChI=1S/C13H10ClN3/c14-6-9-1-3-10(4-2-9)12-5-11-7-15-8-16-13(11)17-12/h1-5,7-8H,6H2,(H,15,16,17). The van der Waals surface area contributed by atoms with Gasteiger partial charge in [0.1, 0.15) is 12.0 Å². The quantitative estimate of drug-likeness (QED) is 0.701. The Labute approximate surface area is 103 Å². The molecule has 0 bridgehead atoms. The van der Waals surface area contributed by atoms with Gasteiger partial charge in [-0.1, -0.05) is 24.3 Å². The molecular formula is C13H10ClN3. The smallest absolute Gasteiger partial charge is 0.141 e. The first-order valence-electron chi connectivity index (χ1n) is 5.31. The minimum atomic E-state index is 0.540. The largest absolute Gasteiger partial charge is 0.339 e. The Hall–Kier alpha value is -1.87. The highest BCUT2D eigenvalue weighted by molar-refractivity contribution is 6.17. The summed E-state index contributed by atoms with van der Waals surface area (Å²) >= 11 is 5.76. The van der Waals surface area contributed by atoms with Crippen molar-refractivity contribution in [3.8, 4) is 11.3 Å². The SMILES string of the molecule is ClCc1ccc(-c2cc3cncnc3[nH]2)cc1. The number of rotatable bonds is 2. The van der Waals surface area contributed by atoms with E-state index in [-0.39, 0.29) is 0 Å². The van der Waals surface area contributed by atoms with Gasteiger partial charge < -0.3 is 4.98 Å². The van der Waals surface area contributed by atoms with E-state index in [1.807, 2.05) is 18.2 Å². The molecule has 1 aromatic carbocycles. The second kappa shape index (κ2) is 4.18. The van der Waals surface area contributed by atoms with Crippen LogP contribution in [0.2, 0.25) is 0 Å². The van der Waals surface area contributed by atoms with Gasteiger partial charge in [-0.05, 0) is 17.2 Å². The van der Waals surface area contributed by atoms with E-state index in [1.165, 1.54) is 0 Å². The maximum Gasteiger partial charge on any atom is 0.141 e. The third kappa shape index (κ3) is 1.89. The van der Waals surface area contributed by atoms with Crippen molar-refractivity contribution in [2.24, 2.45) is 0 Å². The molecule has 3 aromatic rings. The number of hydrogen-bond donors (Lipinski definition) is 1. The second-order valence-electron chi connectivity index (χ2n) is 3.84. The minimum Gasteiger partial charge on any atom is -0.339 e. The fourth-order valence-corrected chi connectivity index (χ4v) is 1.98. The lowest BCUT2D eigenvalue weighted by Gasteiger charge is -1.99. The normalized spacial score (nSPS) is 10.9. The summed E-state index contributed by atoms with van der Waals surface area (Å²) in [7, 11) is 0. The average molecular weight is 244 g/mol. The molecule has 1 N–H and O–H groups in total. The van der Waals surface area contributed by atoms with Gasteiger partial charge in [0.05, 0.1) is 0 Å². The predicted octanol–water partition coefficient (Wildman–Crippen LogP) is 3.36. The van der Waals surface area contributed by atoms with Crippen LogP contribution in [-0.4, -0.2) is 15.0 Å². The maximum absolute atomic E-state index is 5.76. The number of hydrogen-bond acceptors (Lipinski definition) is 2. The number of nitrogens with one attached hydrogen (secondary N) is 1. The van der Waals surface area contributed by atoms with E-state index in [9.17, 15) is 0 Å². The highest BCUT2D eigenvalue weighted by atomic mass is 35.5. The molecule has 84 valence electrons. The topological polar surface area (TPSA) is 41.6 Å².